The van der Waals surface area contributed by atoms with E-state index in [9.17, 15) is 0 Å². The van der Waals surface area contributed by atoms with Crippen molar-refractivity contribution >= 4 is 0 Å². The Hall–Kier alpha value is 2.41. The van der Waals surface area contributed by atoms with Gasteiger partial charge in [0.25, 0.3) is 0 Å². The van der Waals surface area contributed by atoms with Gasteiger partial charge in [0.2, 0.25) is 0 Å². The normalized spacial score (nSPS) is 0. The molecule has 0 unspecified atom stereocenters. The van der Waals surface area contributed by atoms with Crippen LogP contribution >= 0.6 is 0 Å². The average molecular weight is 242 g/mol. The summed E-state index contributed by atoms with van der Waals surface area (Å²) in [4.78, 5) is 0. The largest absolute Gasteiger partial charge is 4.00 e. The van der Waals surface area contributed by atoms with Crippen LogP contribution in [-0.4, -0.2) is 0 Å². The standard InChI is InChI=1S/4ClH.Cr.Ti/h4*1H;;/q;;;;+3;+4/p-4. The molecule has 0 aromatic heterocycles. The van der Waals surface area contributed by atoms with Gasteiger partial charge in [0.1, 0.15) is 0 Å². The minimum Gasteiger partial charge on any atom is -1.00 e. The first kappa shape index (κ1) is 79.6. The van der Waals surface area contributed by atoms with Crippen LogP contribution in [0.25, 0.3) is 0 Å². The van der Waals surface area contributed by atoms with Gasteiger partial charge in [0.15, 0.2) is 0 Å². The van der Waals surface area contributed by atoms with Gasteiger partial charge in [-0.2, -0.15) is 0 Å². The molecule has 1 radical (unpaired) electrons. The molecule has 0 aromatic carbocycles. The topological polar surface area (TPSA) is 0 Å². The molecule has 6 heavy (non-hydrogen) atoms. The summed E-state index contributed by atoms with van der Waals surface area (Å²) in [5, 5.41) is 0. The molecule has 0 aliphatic rings. The van der Waals surface area contributed by atoms with Crippen molar-refractivity contribution in [3.8, 4) is 0 Å². The third-order valence-corrected chi connectivity index (χ3v) is 0. The Balaban J connectivity index is 0. The van der Waals surface area contributed by atoms with Crippen LogP contribution in [-0.2, 0) is 39.1 Å². The minimum absolute atomic E-state index is 0. The van der Waals surface area contributed by atoms with E-state index in [0.29, 0.717) is 0 Å². The van der Waals surface area contributed by atoms with Gasteiger partial charge >= 0.3 is 39.1 Å². The van der Waals surface area contributed by atoms with Crippen molar-refractivity contribution in [1.29, 1.82) is 0 Å². The summed E-state index contributed by atoms with van der Waals surface area (Å²) >= 11 is 0. The molecule has 0 bridgehead atoms. The zero-order valence-electron chi connectivity index (χ0n) is 2.42. The number of hydrogen-bond acceptors (Lipinski definition) is 0. The van der Waals surface area contributed by atoms with Gasteiger partial charge in [-0.1, -0.05) is 0 Å². The van der Waals surface area contributed by atoms with Crippen LogP contribution < -0.4 is 49.6 Å². The number of halogens is 4. The van der Waals surface area contributed by atoms with Crippen molar-refractivity contribution < 1.29 is 88.7 Å². The van der Waals surface area contributed by atoms with E-state index >= 15 is 0 Å². The first-order chi connectivity index (χ1) is 0. The maximum absolute atomic E-state index is 0. The summed E-state index contributed by atoms with van der Waals surface area (Å²) in [6, 6.07) is 0. The van der Waals surface area contributed by atoms with Gasteiger partial charge in [-0.25, -0.2) is 0 Å². The monoisotopic (exact) mass is 240 g/mol. The molecule has 0 spiro atoms. The second kappa shape index (κ2) is 52.5. The van der Waals surface area contributed by atoms with Gasteiger partial charge in [-0.3, -0.25) is 0 Å². The van der Waals surface area contributed by atoms with Crippen LogP contribution in [0.1, 0.15) is 0 Å². The Bertz CT molecular complexity index is 7.51. The van der Waals surface area contributed by atoms with Crippen molar-refractivity contribution in [2.24, 2.45) is 0 Å². The minimum atomic E-state index is 0. The first-order valence-corrected chi connectivity index (χ1v) is 0. The number of hydrogen-bond donors (Lipinski definition) is 0. The molecule has 6 heteroatoms. The van der Waals surface area contributed by atoms with Crippen molar-refractivity contribution in [3.05, 3.63) is 0 Å². The summed E-state index contributed by atoms with van der Waals surface area (Å²) in [6.45, 7) is 0. The fourth-order valence-corrected chi connectivity index (χ4v) is 0. The quantitative estimate of drug-likeness (QED) is 0.370. The molecule has 0 aliphatic carbocycles. The molecule has 35 valence electrons. The second-order valence-corrected chi connectivity index (χ2v) is 0. The van der Waals surface area contributed by atoms with E-state index in [1.165, 1.54) is 0 Å². The van der Waals surface area contributed by atoms with Crippen LogP contribution in [0.2, 0.25) is 0 Å². The van der Waals surface area contributed by atoms with E-state index in [0.717, 1.165) is 0 Å². The summed E-state index contributed by atoms with van der Waals surface area (Å²) in [7, 11) is 0. The van der Waals surface area contributed by atoms with E-state index in [-0.39, 0.29) is 88.7 Å². The van der Waals surface area contributed by atoms with E-state index in [4.69, 9.17) is 0 Å². The van der Waals surface area contributed by atoms with Crippen molar-refractivity contribution in [2.75, 3.05) is 0 Å². The fraction of sp³-hybridized carbons (Fsp3) is 0. The Kier molecular flexibility index (Phi) is 696. The first-order valence-electron chi connectivity index (χ1n) is 0. The van der Waals surface area contributed by atoms with Gasteiger partial charge < -0.3 is 49.6 Å². The van der Waals surface area contributed by atoms with Crippen LogP contribution in [0, 0.1) is 0 Å². The zero-order valence-corrected chi connectivity index (χ0v) is 8.28. The molecule has 0 saturated carbocycles. The molecule has 0 aliphatic heterocycles. The zero-order chi connectivity index (χ0) is 0. The Labute approximate surface area is 87.9 Å². The predicted octanol–water partition coefficient (Wildman–Crippen LogP) is -12.0. The predicted molar refractivity (Wildman–Crippen MR) is 0 cm³/mol. The molecule has 0 atom stereocenters. The van der Waals surface area contributed by atoms with Crippen LogP contribution in [0.3, 0.4) is 0 Å². The summed E-state index contributed by atoms with van der Waals surface area (Å²) in [5.41, 5.74) is 0. The number of rotatable bonds is 0. The van der Waals surface area contributed by atoms with Gasteiger partial charge in [-0.05, 0) is 0 Å². The molecule has 0 fully saturated rings. The molecular formula is Cl4CrTi+3. The van der Waals surface area contributed by atoms with E-state index in [2.05, 4.69) is 0 Å². The van der Waals surface area contributed by atoms with Gasteiger partial charge in [0, 0.05) is 0 Å². The second-order valence-electron chi connectivity index (χ2n) is 0. The van der Waals surface area contributed by atoms with Crippen LogP contribution in [0.15, 0.2) is 0 Å². The molecule has 0 aromatic rings. The molecule has 0 heterocycles. The summed E-state index contributed by atoms with van der Waals surface area (Å²) < 4.78 is 0. The smallest absolute Gasteiger partial charge is 1.00 e. The van der Waals surface area contributed by atoms with E-state index < -0.39 is 0 Å². The third kappa shape index (κ3) is 32.3. The van der Waals surface area contributed by atoms with Gasteiger partial charge in [0.05, 0.1) is 0 Å². The summed E-state index contributed by atoms with van der Waals surface area (Å²) in [6.07, 6.45) is 0. The van der Waals surface area contributed by atoms with Crippen LogP contribution in [0.4, 0.5) is 0 Å². The Morgan fingerprint density at radius 2 is 0.500 bits per heavy atom. The molecule has 0 nitrogen and oxygen atoms in total. The molecule has 0 saturated heterocycles. The van der Waals surface area contributed by atoms with E-state index in [1.54, 1.807) is 0 Å². The summed E-state index contributed by atoms with van der Waals surface area (Å²) in [5.74, 6) is 0. The molecule has 0 rings (SSSR count). The van der Waals surface area contributed by atoms with Gasteiger partial charge in [-0.15, -0.1) is 0 Å². The Morgan fingerprint density at radius 3 is 0.500 bits per heavy atom. The Morgan fingerprint density at radius 1 is 0.500 bits per heavy atom. The van der Waals surface area contributed by atoms with Crippen molar-refractivity contribution in [3.63, 3.8) is 0 Å². The van der Waals surface area contributed by atoms with Crippen molar-refractivity contribution in [2.45, 2.75) is 0 Å². The maximum atomic E-state index is 0. The van der Waals surface area contributed by atoms with Crippen molar-refractivity contribution in [1.82, 2.24) is 0 Å². The molecular weight excluding hydrogens is 242 g/mol. The molecule has 0 N–H and O–H groups in total. The molecule has 0 amide bonds. The SMILES string of the molecule is [Cl-].[Cl-].[Cl-].[Cl-].[Cr+3].[Ti+4]. The average Bonchev–Trinajstić information content (AvgIpc) is 0. The fourth-order valence-electron chi connectivity index (χ4n) is 0. The maximum Gasteiger partial charge on any atom is 4.00 e. The van der Waals surface area contributed by atoms with E-state index in [1.807, 2.05) is 0 Å². The third-order valence-electron chi connectivity index (χ3n) is 0. The van der Waals surface area contributed by atoms with Crippen LogP contribution in [0.5, 0.6) is 0 Å².